The molecule has 2 heterocycles. The van der Waals surface area contributed by atoms with Crippen LogP contribution in [0.15, 0.2) is 18.2 Å². The number of hydroxylamine groups is 1. The highest BCUT2D eigenvalue weighted by molar-refractivity contribution is 7.92. The molecule has 2 aliphatic rings. The molecule has 9 nitrogen and oxygen atoms in total. The van der Waals surface area contributed by atoms with Gasteiger partial charge in [-0.1, -0.05) is 5.92 Å². The van der Waals surface area contributed by atoms with Crippen LogP contribution in [0.25, 0.3) is 0 Å². The molecule has 0 radical (unpaired) electrons. The van der Waals surface area contributed by atoms with Gasteiger partial charge in [-0.2, -0.15) is 0 Å². The Balaban J connectivity index is 1.72. The molecule has 3 unspecified atom stereocenters. The Labute approximate surface area is 192 Å². The van der Waals surface area contributed by atoms with Crippen LogP contribution in [-0.4, -0.2) is 57.0 Å². The summed E-state index contributed by atoms with van der Waals surface area (Å²) < 4.78 is 48.3. The average Bonchev–Trinajstić information content (AvgIpc) is 3.11. The van der Waals surface area contributed by atoms with E-state index in [1.165, 1.54) is 19.1 Å². The van der Waals surface area contributed by atoms with Gasteiger partial charge in [-0.3, -0.25) is 9.69 Å². The Morgan fingerprint density at radius 2 is 2.15 bits per heavy atom. The van der Waals surface area contributed by atoms with Crippen molar-refractivity contribution in [1.29, 1.82) is 0 Å². The number of nitrogens with zero attached hydrogens (tertiary/aromatic N) is 1. The third-order valence-corrected chi connectivity index (χ3v) is 7.71. The number of anilines is 1. The summed E-state index contributed by atoms with van der Waals surface area (Å²) in [4.78, 5) is 31.5. The molecule has 11 heteroatoms. The smallest absolute Gasteiger partial charge is 0.414 e. The Kier molecular flexibility index (Phi) is 7.62. The summed E-state index contributed by atoms with van der Waals surface area (Å²) in [7, 11) is -3.96. The molecule has 0 spiro atoms. The van der Waals surface area contributed by atoms with E-state index in [9.17, 15) is 22.4 Å². The van der Waals surface area contributed by atoms with E-state index in [1.807, 2.05) is 0 Å². The molecule has 1 aromatic carbocycles. The molecule has 1 aromatic rings. The first-order valence-corrected chi connectivity index (χ1v) is 12.4. The summed E-state index contributed by atoms with van der Waals surface area (Å²) in [6.07, 6.45) is 0.434. The molecule has 2 saturated heterocycles. The summed E-state index contributed by atoms with van der Waals surface area (Å²) >= 11 is 0. The Morgan fingerprint density at radius 1 is 1.39 bits per heavy atom. The number of amides is 2. The van der Waals surface area contributed by atoms with Crippen molar-refractivity contribution in [2.75, 3.05) is 24.3 Å². The van der Waals surface area contributed by atoms with Gasteiger partial charge in [0.05, 0.1) is 12.2 Å². The Hall–Kier alpha value is -2.68. The van der Waals surface area contributed by atoms with Gasteiger partial charge in [-0.25, -0.2) is 27.9 Å². The predicted octanol–water partition coefficient (Wildman–Crippen LogP) is 2.29. The number of sulfone groups is 1. The number of carbonyl (C=O) groups is 2. The van der Waals surface area contributed by atoms with Gasteiger partial charge < -0.3 is 9.47 Å². The molecule has 0 bridgehead atoms. The Morgan fingerprint density at radius 3 is 2.76 bits per heavy atom. The van der Waals surface area contributed by atoms with E-state index in [4.69, 9.17) is 14.3 Å². The summed E-state index contributed by atoms with van der Waals surface area (Å²) in [6.45, 7) is 3.22. The van der Waals surface area contributed by atoms with Gasteiger partial charge in [-0.15, -0.1) is 5.92 Å². The second-order valence-electron chi connectivity index (χ2n) is 8.21. The maximum Gasteiger partial charge on any atom is 0.414 e. The van der Waals surface area contributed by atoms with Crippen molar-refractivity contribution in [2.24, 2.45) is 0 Å². The van der Waals surface area contributed by atoms with Gasteiger partial charge in [0.15, 0.2) is 20.9 Å². The molecule has 2 fully saturated rings. The van der Waals surface area contributed by atoms with E-state index in [-0.39, 0.29) is 18.7 Å². The van der Waals surface area contributed by atoms with Gasteiger partial charge in [0.25, 0.3) is 5.91 Å². The van der Waals surface area contributed by atoms with Crippen LogP contribution in [0.2, 0.25) is 0 Å². The van der Waals surface area contributed by atoms with Crippen molar-refractivity contribution >= 4 is 27.5 Å². The highest BCUT2D eigenvalue weighted by Crippen LogP contribution is 2.31. The maximum atomic E-state index is 14.6. The van der Waals surface area contributed by atoms with Crippen LogP contribution in [0.5, 0.6) is 0 Å². The van der Waals surface area contributed by atoms with Crippen LogP contribution < -0.4 is 10.4 Å². The van der Waals surface area contributed by atoms with E-state index >= 15 is 0 Å². The van der Waals surface area contributed by atoms with Gasteiger partial charge in [0.2, 0.25) is 0 Å². The van der Waals surface area contributed by atoms with Crippen molar-refractivity contribution in [3.8, 4) is 11.8 Å². The molecule has 0 aromatic heterocycles. The third kappa shape index (κ3) is 5.63. The monoisotopic (exact) mass is 482 g/mol. The number of cyclic esters (lactones) is 1. The standard InChI is InChI=1S/C22H27FN2O7S/c1-4-7-15-9-10-18(17(23)12-15)25-14-16(31-21(25)27)13-22(2,33(3,28)29)20(26)24-32-19-8-5-6-11-30-19/h9-10,12,16,19H,5-6,8,11,13-14H2,1-3H3,(H,24,26). The van der Waals surface area contributed by atoms with Crippen LogP contribution in [0.1, 0.15) is 45.1 Å². The second-order valence-corrected chi connectivity index (χ2v) is 10.7. The molecule has 2 aliphatic heterocycles. The van der Waals surface area contributed by atoms with Crippen LogP contribution in [0, 0.1) is 17.7 Å². The van der Waals surface area contributed by atoms with Crippen molar-refractivity contribution in [1.82, 2.24) is 5.48 Å². The molecule has 3 atom stereocenters. The molecule has 180 valence electrons. The fourth-order valence-electron chi connectivity index (χ4n) is 3.65. The Bertz CT molecular complexity index is 1080. The molecule has 3 rings (SSSR count). The minimum atomic E-state index is -3.96. The first kappa shape index (κ1) is 25.0. The van der Waals surface area contributed by atoms with E-state index in [0.29, 0.717) is 18.6 Å². The number of carbonyl (C=O) groups excluding carboxylic acids is 2. The lowest BCUT2D eigenvalue weighted by atomic mass is 10.0. The van der Waals surface area contributed by atoms with Crippen LogP contribution in [-0.2, 0) is 28.9 Å². The highest BCUT2D eigenvalue weighted by atomic mass is 32.2. The second kappa shape index (κ2) is 10.1. The van der Waals surface area contributed by atoms with Crippen LogP contribution >= 0.6 is 0 Å². The number of nitrogens with one attached hydrogen (secondary N) is 1. The summed E-state index contributed by atoms with van der Waals surface area (Å²) in [6, 6.07) is 4.17. The van der Waals surface area contributed by atoms with Gasteiger partial charge in [0.1, 0.15) is 11.9 Å². The zero-order valence-electron chi connectivity index (χ0n) is 18.7. The quantitative estimate of drug-likeness (QED) is 0.469. The molecular formula is C22H27FN2O7S. The van der Waals surface area contributed by atoms with E-state index in [1.54, 1.807) is 13.0 Å². The molecular weight excluding hydrogens is 455 g/mol. The number of benzene rings is 1. The lowest BCUT2D eigenvalue weighted by molar-refractivity contribution is -0.201. The van der Waals surface area contributed by atoms with Gasteiger partial charge >= 0.3 is 6.09 Å². The summed E-state index contributed by atoms with van der Waals surface area (Å²) in [5.41, 5.74) is 2.61. The first-order valence-electron chi connectivity index (χ1n) is 10.5. The first-order chi connectivity index (χ1) is 15.5. The number of ether oxygens (including phenoxy) is 2. The molecule has 1 N–H and O–H groups in total. The number of rotatable bonds is 7. The zero-order chi connectivity index (χ0) is 24.2. The SMILES string of the molecule is CC#Cc1ccc(N2CC(CC(C)(C(=O)NOC3CCCCO3)S(C)(=O)=O)OC2=O)c(F)c1. The minimum absolute atomic E-state index is 0.0209. The van der Waals surface area contributed by atoms with E-state index in [0.717, 1.165) is 24.0 Å². The lowest BCUT2D eigenvalue weighted by Crippen LogP contribution is -2.53. The summed E-state index contributed by atoms with van der Waals surface area (Å²) in [5.74, 6) is 3.82. The van der Waals surface area contributed by atoms with Gasteiger partial charge in [0, 0.05) is 31.3 Å². The number of hydrogen-bond donors (Lipinski definition) is 1. The van der Waals surface area contributed by atoms with E-state index < -0.39 is 44.8 Å². The predicted molar refractivity (Wildman–Crippen MR) is 117 cm³/mol. The molecule has 0 saturated carbocycles. The van der Waals surface area contributed by atoms with Crippen molar-refractivity contribution < 1.29 is 36.7 Å². The van der Waals surface area contributed by atoms with Gasteiger partial charge in [-0.05, 0) is 44.9 Å². The zero-order valence-corrected chi connectivity index (χ0v) is 19.5. The summed E-state index contributed by atoms with van der Waals surface area (Å²) in [5, 5.41) is 0. The van der Waals surface area contributed by atoms with Crippen LogP contribution in [0.4, 0.5) is 14.9 Å². The normalized spacial score (nSPS) is 22.7. The topological polar surface area (TPSA) is 111 Å². The average molecular weight is 483 g/mol. The van der Waals surface area contributed by atoms with Crippen molar-refractivity contribution in [2.45, 2.75) is 56.7 Å². The fraction of sp³-hybridized carbons (Fsp3) is 0.545. The van der Waals surface area contributed by atoms with E-state index in [2.05, 4.69) is 17.3 Å². The largest absolute Gasteiger partial charge is 0.444 e. The van der Waals surface area contributed by atoms with Crippen molar-refractivity contribution in [3.63, 3.8) is 0 Å². The van der Waals surface area contributed by atoms with Crippen LogP contribution in [0.3, 0.4) is 0 Å². The fourth-order valence-corrected chi connectivity index (χ4v) is 4.52. The lowest BCUT2D eigenvalue weighted by Gasteiger charge is -2.29. The molecule has 2 amide bonds. The third-order valence-electron chi connectivity index (χ3n) is 5.72. The molecule has 0 aliphatic carbocycles. The molecule has 33 heavy (non-hydrogen) atoms. The highest BCUT2D eigenvalue weighted by Gasteiger charge is 2.49. The number of halogens is 1. The number of hydrogen-bond acceptors (Lipinski definition) is 7. The maximum absolute atomic E-state index is 14.6. The minimum Gasteiger partial charge on any atom is -0.444 e. The van der Waals surface area contributed by atoms with Crippen molar-refractivity contribution in [3.05, 3.63) is 29.6 Å².